The van der Waals surface area contributed by atoms with Gasteiger partial charge in [0, 0.05) is 17.4 Å². The Morgan fingerprint density at radius 3 is 2.90 bits per heavy atom. The monoisotopic (exact) mass is 454 g/mol. The molecule has 1 atom stereocenters. The van der Waals surface area contributed by atoms with Gasteiger partial charge in [-0.1, -0.05) is 23.9 Å². The number of nitrogens with one attached hydrogen (secondary N) is 1. The maximum Gasteiger partial charge on any atom is 0.253 e. The summed E-state index contributed by atoms with van der Waals surface area (Å²) < 4.78 is 5.26. The minimum Gasteiger partial charge on any atom is -0.497 e. The van der Waals surface area contributed by atoms with Crippen LogP contribution in [0.1, 0.15) is 22.2 Å². The third kappa shape index (κ3) is 3.76. The second kappa shape index (κ2) is 8.25. The van der Waals surface area contributed by atoms with E-state index >= 15 is 0 Å². The predicted molar refractivity (Wildman–Crippen MR) is 123 cm³/mol. The number of thiophene rings is 2. The van der Waals surface area contributed by atoms with Crippen molar-refractivity contribution in [2.24, 2.45) is 5.10 Å². The van der Waals surface area contributed by atoms with Gasteiger partial charge in [0.1, 0.15) is 5.75 Å². The Morgan fingerprint density at radius 1 is 1.27 bits per heavy atom. The molecule has 4 aromatic rings. The van der Waals surface area contributed by atoms with Crippen molar-refractivity contribution in [2.75, 3.05) is 12.9 Å². The minimum absolute atomic E-state index is 0.0250. The Balaban J connectivity index is 1.34. The molecule has 5 rings (SSSR count). The van der Waals surface area contributed by atoms with Gasteiger partial charge in [-0.15, -0.1) is 22.7 Å². The number of rotatable bonds is 6. The van der Waals surface area contributed by atoms with E-state index in [0.29, 0.717) is 5.16 Å². The van der Waals surface area contributed by atoms with Gasteiger partial charge in [-0.25, -0.2) is 9.99 Å². The van der Waals surface area contributed by atoms with Crippen LogP contribution in [0.4, 0.5) is 0 Å². The molecule has 3 aromatic heterocycles. The highest BCUT2D eigenvalue weighted by molar-refractivity contribution is 7.99. The third-order valence-corrected chi connectivity index (χ3v) is 7.59. The summed E-state index contributed by atoms with van der Waals surface area (Å²) in [4.78, 5) is 23.2. The highest BCUT2D eigenvalue weighted by atomic mass is 32.2. The topological polar surface area (TPSA) is 70.6 Å². The Hall–Kier alpha value is -2.62. The maximum atomic E-state index is 13.1. The highest BCUT2D eigenvalue weighted by Gasteiger charge is 2.34. The average molecular weight is 455 g/mol. The van der Waals surface area contributed by atoms with E-state index in [1.165, 1.54) is 11.8 Å². The molecule has 0 aliphatic carbocycles. The maximum absolute atomic E-state index is 13.1. The van der Waals surface area contributed by atoms with Crippen LogP contribution in [-0.2, 0) is 4.79 Å². The number of imidazole rings is 1. The van der Waals surface area contributed by atoms with Crippen LogP contribution in [0.15, 0.2) is 63.5 Å². The lowest BCUT2D eigenvalue weighted by Crippen LogP contribution is -2.28. The van der Waals surface area contributed by atoms with E-state index in [1.54, 1.807) is 34.8 Å². The minimum atomic E-state index is -0.0462. The number of H-pyrrole nitrogens is 1. The van der Waals surface area contributed by atoms with Crippen LogP contribution in [-0.4, -0.2) is 39.5 Å². The Labute approximate surface area is 185 Å². The zero-order chi connectivity index (χ0) is 20.5. The van der Waals surface area contributed by atoms with Gasteiger partial charge in [-0.05, 0) is 35.0 Å². The molecule has 0 spiro atoms. The number of ether oxygens (including phenoxy) is 1. The van der Waals surface area contributed by atoms with Gasteiger partial charge in [-0.3, -0.25) is 4.79 Å². The number of fused-ring (bicyclic) bond motifs is 1. The zero-order valence-electron chi connectivity index (χ0n) is 16.1. The van der Waals surface area contributed by atoms with Crippen molar-refractivity contribution >= 4 is 57.1 Å². The highest BCUT2D eigenvalue weighted by Crippen LogP contribution is 2.36. The van der Waals surface area contributed by atoms with Gasteiger partial charge in [0.25, 0.3) is 5.91 Å². The number of carbonyl (C=O) groups excluding carboxylic acids is 1. The molecule has 9 heteroatoms. The summed E-state index contributed by atoms with van der Waals surface area (Å²) in [6.07, 6.45) is 0.738. The number of hydrogen-bond acceptors (Lipinski definition) is 7. The first-order valence-corrected chi connectivity index (χ1v) is 12.1. The molecule has 1 unspecified atom stereocenters. The van der Waals surface area contributed by atoms with Crippen LogP contribution in [0.2, 0.25) is 0 Å². The third-order valence-electron chi connectivity index (χ3n) is 4.84. The number of methoxy groups -OCH3 is 1. The molecule has 152 valence electrons. The molecule has 1 aliphatic heterocycles. The second-order valence-corrected chi connectivity index (χ2v) is 9.60. The lowest BCUT2D eigenvalue weighted by atomic mass is 10.1. The van der Waals surface area contributed by atoms with Crippen molar-refractivity contribution < 1.29 is 9.53 Å². The van der Waals surface area contributed by atoms with Crippen molar-refractivity contribution in [3.63, 3.8) is 0 Å². The molecule has 0 fully saturated rings. The number of hydrogen-bond donors (Lipinski definition) is 1. The quantitative estimate of drug-likeness (QED) is 0.408. The van der Waals surface area contributed by atoms with Crippen LogP contribution < -0.4 is 4.74 Å². The Bertz CT molecular complexity index is 1200. The molecule has 1 amide bonds. The van der Waals surface area contributed by atoms with E-state index in [4.69, 9.17) is 9.84 Å². The van der Waals surface area contributed by atoms with Crippen LogP contribution in [0.3, 0.4) is 0 Å². The smallest absolute Gasteiger partial charge is 0.253 e. The van der Waals surface area contributed by atoms with Gasteiger partial charge < -0.3 is 9.72 Å². The number of carbonyl (C=O) groups is 1. The van der Waals surface area contributed by atoms with Gasteiger partial charge in [-0.2, -0.15) is 5.10 Å². The molecule has 30 heavy (non-hydrogen) atoms. The van der Waals surface area contributed by atoms with Crippen LogP contribution in [0, 0.1) is 0 Å². The molecule has 6 nitrogen and oxygen atoms in total. The molecular formula is C21H18N4O2S3. The number of benzene rings is 1. The lowest BCUT2D eigenvalue weighted by molar-refractivity contribution is -0.130. The number of amides is 1. The van der Waals surface area contributed by atoms with Crippen molar-refractivity contribution in [1.82, 2.24) is 15.0 Å². The standard InChI is InChI=1S/C21H18N4O2S3/c1-27-13-6-7-14-15(10-13)23-21(22-14)30-12-20(26)25-17(19-5-3-9-29-19)11-16(24-25)18-4-2-8-28-18/h2-10,17H,11-12H2,1H3,(H,22,23). The first-order chi connectivity index (χ1) is 14.7. The number of nitrogens with zero attached hydrogens (tertiary/aromatic N) is 3. The normalized spacial score (nSPS) is 16.2. The predicted octanol–water partition coefficient (Wildman–Crippen LogP) is 5.16. The summed E-state index contributed by atoms with van der Waals surface area (Å²) >= 11 is 4.70. The molecule has 0 saturated carbocycles. The Kier molecular flexibility index (Phi) is 5.32. The molecule has 4 heterocycles. The molecule has 1 aliphatic rings. The summed E-state index contributed by atoms with van der Waals surface area (Å²) in [7, 11) is 1.64. The van der Waals surface area contributed by atoms with E-state index < -0.39 is 0 Å². The summed E-state index contributed by atoms with van der Waals surface area (Å²) in [6.45, 7) is 0. The fourth-order valence-electron chi connectivity index (χ4n) is 3.39. The number of thioether (sulfide) groups is 1. The number of hydrazone groups is 1. The first-order valence-electron chi connectivity index (χ1n) is 9.34. The first kappa shape index (κ1) is 19.3. The van der Waals surface area contributed by atoms with E-state index in [9.17, 15) is 4.79 Å². The summed E-state index contributed by atoms with van der Waals surface area (Å²) in [5, 5.41) is 11.1. The van der Waals surface area contributed by atoms with Crippen molar-refractivity contribution in [3.8, 4) is 5.75 Å². The molecule has 1 aromatic carbocycles. The lowest BCUT2D eigenvalue weighted by Gasteiger charge is -2.20. The van der Waals surface area contributed by atoms with Gasteiger partial charge in [0.05, 0.1) is 40.5 Å². The second-order valence-electron chi connectivity index (χ2n) is 6.71. The van der Waals surface area contributed by atoms with Crippen molar-refractivity contribution in [1.29, 1.82) is 0 Å². The summed E-state index contributed by atoms with van der Waals surface area (Å²) in [6, 6.07) is 13.8. The molecule has 0 radical (unpaired) electrons. The van der Waals surface area contributed by atoms with Crippen LogP contribution in [0.5, 0.6) is 5.75 Å². The van der Waals surface area contributed by atoms with Crippen molar-refractivity contribution in [3.05, 3.63) is 63.0 Å². The molecule has 0 bridgehead atoms. The SMILES string of the molecule is COc1ccc2nc(SCC(=O)N3N=C(c4cccs4)CC3c3cccs3)[nH]c2c1. The fourth-order valence-corrected chi connectivity index (χ4v) is 5.66. The average Bonchev–Trinajstić information content (AvgIpc) is 3.55. The molecule has 0 saturated heterocycles. The van der Waals surface area contributed by atoms with Crippen LogP contribution in [0.25, 0.3) is 11.0 Å². The van der Waals surface area contributed by atoms with Crippen LogP contribution >= 0.6 is 34.4 Å². The van der Waals surface area contributed by atoms with Gasteiger partial charge >= 0.3 is 0 Å². The van der Waals surface area contributed by atoms with E-state index in [0.717, 1.165) is 38.7 Å². The fraction of sp³-hybridized carbons (Fsp3) is 0.190. The number of aromatic nitrogens is 2. The van der Waals surface area contributed by atoms with E-state index in [2.05, 4.69) is 22.1 Å². The largest absolute Gasteiger partial charge is 0.497 e. The summed E-state index contributed by atoms with van der Waals surface area (Å²) in [5.74, 6) is 1.01. The Morgan fingerprint density at radius 2 is 2.13 bits per heavy atom. The summed E-state index contributed by atoms with van der Waals surface area (Å²) in [5.41, 5.74) is 2.71. The van der Waals surface area contributed by atoms with E-state index in [1.807, 2.05) is 41.1 Å². The molecular weight excluding hydrogens is 436 g/mol. The van der Waals surface area contributed by atoms with Gasteiger partial charge in [0.2, 0.25) is 0 Å². The number of aromatic amines is 1. The zero-order valence-corrected chi connectivity index (χ0v) is 18.5. The van der Waals surface area contributed by atoms with Crippen molar-refractivity contribution in [2.45, 2.75) is 17.6 Å². The van der Waals surface area contributed by atoms with Gasteiger partial charge in [0.15, 0.2) is 5.16 Å². The molecule has 1 N–H and O–H groups in total. The van der Waals surface area contributed by atoms with E-state index in [-0.39, 0.29) is 17.7 Å².